The van der Waals surface area contributed by atoms with Crippen molar-refractivity contribution < 1.29 is 0 Å². The van der Waals surface area contributed by atoms with E-state index in [9.17, 15) is 0 Å². The van der Waals surface area contributed by atoms with E-state index in [1.54, 1.807) is 5.57 Å². The third-order valence-corrected chi connectivity index (χ3v) is 17.1. The smallest absolute Gasteiger partial charge is 0.127 e. The summed E-state index contributed by atoms with van der Waals surface area (Å²) in [4.78, 5) is 0. The first-order chi connectivity index (χ1) is 22.0. The Bertz CT molecular complexity index is 1870. The third kappa shape index (κ3) is 5.05. The van der Waals surface area contributed by atoms with Gasteiger partial charge in [-0.15, -0.1) is 0 Å². The highest BCUT2D eigenvalue weighted by Crippen LogP contribution is 2.65. The third-order valence-electron chi connectivity index (χ3n) is 12.1. The summed E-state index contributed by atoms with van der Waals surface area (Å²) < 4.78 is 2.97. The molecule has 0 heterocycles. The number of nitrogens with zero attached hydrogens (tertiary/aromatic N) is 1. The summed E-state index contributed by atoms with van der Waals surface area (Å²) in [5.41, 5.74) is 10.9. The Hall–Kier alpha value is -3.20. The van der Waals surface area contributed by atoms with Crippen LogP contribution in [0.15, 0.2) is 109 Å². The number of hydrogen-bond donors (Lipinski definition) is 0. The SMILES string of the molecule is CC1C(c2ccccc2)C2C=C3C(=CC2C1[Si](C)(C)N(C(C)(C)C)C(C)(C)C)c1ccc(-c2cccc4ccccc24)cc1C3(C)C. The van der Waals surface area contributed by atoms with Gasteiger partial charge in [0.05, 0.1) is 0 Å². The molecule has 0 N–H and O–H groups in total. The largest absolute Gasteiger partial charge is 0.314 e. The fourth-order valence-corrected chi connectivity index (χ4v) is 18.0. The zero-order valence-electron chi connectivity index (χ0n) is 30.6. The predicted molar refractivity (Wildman–Crippen MR) is 206 cm³/mol. The second-order valence-corrected chi connectivity index (χ2v) is 22.3. The Labute approximate surface area is 285 Å². The van der Waals surface area contributed by atoms with Gasteiger partial charge in [-0.2, -0.15) is 0 Å². The molecule has 7 rings (SSSR count). The van der Waals surface area contributed by atoms with Crippen molar-refractivity contribution in [1.82, 2.24) is 4.57 Å². The maximum atomic E-state index is 2.97. The lowest BCUT2D eigenvalue weighted by atomic mass is 9.73. The second kappa shape index (κ2) is 10.9. The summed E-state index contributed by atoms with van der Waals surface area (Å²) in [5, 5.41) is 2.63. The van der Waals surface area contributed by atoms with Crippen molar-refractivity contribution in [2.45, 2.75) is 103 Å². The van der Waals surface area contributed by atoms with Crippen LogP contribution in [0.3, 0.4) is 0 Å². The predicted octanol–water partition coefficient (Wildman–Crippen LogP) is 12.3. The molecule has 0 aliphatic heterocycles. The summed E-state index contributed by atoms with van der Waals surface area (Å²) in [6.45, 7) is 27.6. The summed E-state index contributed by atoms with van der Waals surface area (Å²) in [7, 11) is -2.01. The van der Waals surface area contributed by atoms with E-state index in [-0.39, 0.29) is 16.5 Å². The van der Waals surface area contributed by atoms with Crippen molar-refractivity contribution in [3.05, 3.63) is 125 Å². The molecule has 5 unspecified atom stereocenters. The number of fused-ring (bicyclic) bond motifs is 5. The molecule has 1 nitrogen and oxygen atoms in total. The maximum Gasteiger partial charge on any atom is 0.127 e. The maximum absolute atomic E-state index is 2.97. The van der Waals surface area contributed by atoms with Crippen molar-refractivity contribution in [2.24, 2.45) is 17.8 Å². The minimum atomic E-state index is -2.01. The van der Waals surface area contributed by atoms with Crippen molar-refractivity contribution in [3.8, 4) is 11.1 Å². The van der Waals surface area contributed by atoms with Gasteiger partial charge in [0.15, 0.2) is 0 Å². The van der Waals surface area contributed by atoms with Crippen LogP contribution in [0.4, 0.5) is 0 Å². The van der Waals surface area contributed by atoms with Gasteiger partial charge in [-0.05, 0) is 127 Å². The number of hydrogen-bond acceptors (Lipinski definition) is 1. The van der Waals surface area contributed by atoms with Crippen LogP contribution in [0.5, 0.6) is 0 Å². The average molecular weight is 638 g/mol. The van der Waals surface area contributed by atoms with Crippen LogP contribution in [-0.4, -0.2) is 23.9 Å². The highest BCUT2D eigenvalue weighted by atomic mass is 28.3. The topological polar surface area (TPSA) is 3.24 Å². The molecule has 244 valence electrons. The minimum Gasteiger partial charge on any atom is -0.314 e. The van der Waals surface area contributed by atoms with Gasteiger partial charge in [0, 0.05) is 16.5 Å². The average Bonchev–Trinajstić information content (AvgIpc) is 3.41. The summed E-state index contributed by atoms with van der Waals surface area (Å²) in [6.07, 6.45) is 5.56. The number of benzene rings is 4. The first-order valence-corrected chi connectivity index (χ1v) is 21.0. The molecule has 1 fully saturated rings. The zero-order valence-corrected chi connectivity index (χ0v) is 31.6. The molecule has 0 bridgehead atoms. The first-order valence-electron chi connectivity index (χ1n) is 18.0. The van der Waals surface area contributed by atoms with E-state index in [1.807, 2.05) is 0 Å². The van der Waals surface area contributed by atoms with E-state index in [0.717, 1.165) is 0 Å². The Morgan fingerprint density at radius 3 is 2.00 bits per heavy atom. The van der Waals surface area contributed by atoms with Gasteiger partial charge in [-0.3, -0.25) is 0 Å². The van der Waals surface area contributed by atoms with Crippen molar-refractivity contribution >= 4 is 24.6 Å². The first kappa shape index (κ1) is 32.3. The Kier molecular flexibility index (Phi) is 7.51. The monoisotopic (exact) mass is 637 g/mol. The van der Waals surface area contributed by atoms with Gasteiger partial charge in [0.2, 0.25) is 0 Å². The van der Waals surface area contributed by atoms with Crippen molar-refractivity contribution in [1.29, 1.82) is 0 Å². The van der Waals surface area contributed by atoms with Crippen LogP contribution in [-0.2, 0) is 5.41 Å². The number of rotatable bonds is 4. The summed E-state index contributed by atoms with van der Waals surface area (Å²) in [5.74, 6) is 2.11. The molecule has 2 heteroatoms. The molecular formula is C45H55NSi. The van der Waals surface area contributed by atoms with Gasteiger partial charge in [-0.1, -0.05) is 131 Å². The standard InChI is InChI=1S/C45H55NSi/c1-29-41(31-19-13-12-14-20-31)37-28-40-36(27-38(37)42(29)47(10,11)46(43(2,3)4)44(5,6)7)35-25-24-32(26-39(35)45(40,8)9)34-23-17-21-30-18-15-16-22-33(30)34/h12-29,37-38,41-42H,1-11H3. The van der Waals surface area contributed by atoms with E-state index < -0.39 is 8.24 Å². The van der Waals surface area contributed by atoms with Crippen molar-refractivity contribution in [2.75, 3.05) is 0 Å². The second-order valence-electron chi connectivity index (χ2n) is 17.9. The van der Waals surface area contributed by atoms with Gasteiger partial charge < -0.3 is 4.57 Å². The molecule has 5 atom stereocenters. The van der Waals surface area contributed by atoms with E-state index >= 15 is 0 Å². The normalized spacial score (nSPS) is 25.3. The molecule has 0 amide bonds. The quantitative estimate of drug-likeness (QED) is 0.201. The Morgan fingerprint density at radius 2 is 1.32 bits per heavy atom. The molecule has 3 aliphatic carbocycles. The minimum absolute atomic E-state index is 0.0505. The van der Waals surface area contributed by atoms with Crippen LogP contribution in [0, 0.1) is 17.8 Å². The lowest BCUT2D eigenvalue weighted by Gasteiger charge is -2.57. The highest BCUT2D eigenvalue weighted by Gasteiger charge is 2.59. The molecule has 0 spiro atoms. The molecule has 0 radical (unpaired) electrons. The molecule has 0 saturated heterocycles. The van der Waals surface area contributed by atoms with Crippen LogP contribution < -0.4 is 0 Å². The molecule has 1 saturated carbocycles. The molecule has 3 aliphatic rings. The molecule has 47 heavy (non-hydrogen) atoms. The lowest BCUT2D eigenvalue weighted by Crippen LogP contribution is -2.67. The summed E-state index contributed by atoms with van der Waals surface area (Å²) in [6, 6.07) is 34.4. The van der Waals surface area contributed by atoms with E-state index in [4.69, 9.17) is 0 Å². The van der Waals surface area contributed by atoms with E-state index in [0.29, 0.717) is 29.2 Å². The highest BCUT2D eigenvalue weighted by molar-refractivity contribution is 6.76. The van der Waals surface area contributed by atoms with Crippen LogP contribution in [0.2, 0.25) is 18.6 Å². The lowest BCUT2D eigenvalue weighted by molar-refractivity contribution is 0.121. The molecule has 4 aromatic rings. The zero-order chi connectivity index (χ0) is 33.7. The van der Waals surface area contributed by atoms with Gasteiger partial charge >= 0.3 is 0 Å². The molecular weight excluding hydrogens is 583 g/mol. The van der Waals surface area contributed by atoms with Gasteiger partial charge in [0.25, 0.3) is 0 Å². The van der Waals surface area contributed by atoms with E-state index in [2.05, 4.69) is 183 Å². The fraction of sp³-hybridized carbons (Fsp3) is 0.422. The van der Waals surface area contributed by atoms with Crippen LogP contribution in [0.25, 0.3) is 27.5 Å². The van der Waals surface area contributed by atoms with E-state index in [1.165, 1.54) is 44.2 Å². The van der Waals surface area contributed by atoms with Gasteiger partial charge in [0.1, 0.15) is 8.24 Å². The fourth-order valence-electron chi connectivity index (χ4n) is 11.5. The molecule has 4 aromatic carbocycles. The van der Waals surface area contributed by atoms with Crippen LogP contribution in [0.1, 0.15) is 84.9 Å². The molecule has 0 aromatic heterocycles. The van der Waals surface area contributed by atoms with Crippen molar-refractivity contribution in [3.63, 3.8) is 0 Å². The Balaban J connectivity index is 1.40. The number of allylic oxidation sites excluding steroid dienone is 4. The Morgan fingerprint density at radius 1 is 0.681 bits per heavy atom. The summed E-state index contributed by atoms with van der Waals surface area (Å²) >= 11 is 0. The van der Waals surface area contributed by atoms with Gasteiger partial charge in [-0.25, -0.2) is 0 Å². The van der Waals surface area contributed by atoms with Crippen LogP contribution >= 0.6 is 0 Å².